The average molecular weight is 302 g/mol. The number of aliphatic hydroxyl groups is 1. The van der Waals surface area contributed by atoms with Crippen molar-refractivity contribution in [1.29, 1.82) is 0 Å². The van der Waals surface area contributed by atoms with Crippen LogP contribution in [-0.2, 0) is 6.54 Å². The number of methoxy groups -OCH3 is 1. The average Bonchev–Trinajstić information content (AvgIpc) is 3.09. The zero-order chi connectivity index (χ0) is 15.4. The molecule has 1 fully saturated rings. The molecule has 0 amide bonds. The maximum Gasteiger partial charge on any atom is 0.213 e. The first-order valence-corrected chi connectivity index (χ1v) is 7.66. The van der Waals surface area contributed by atoms with E-state index in [0.717, 1.165) is 38.2 Å². The summed E-state index contributed by atoms with van der Waals surface area (Å²) >= 11 is 0. The lowest BCUT2D eigenvalue weighted by atomic mass is 9.91. The van der Waals surface area contributed by atoms with Gasteiger partial charge in [-0.3, -0.25) is 4.90 Å². The number of aromatic nitrogens is 3. The van der Waals surface area contributed by atoms with Gasteiger partial charge in [0, 0.05) is 25.0 Å². The Kier molecular flexibility index (Phi) is 4.70. The molecule has 1 aliphatic heterocycles. The van der Waals surface area contributed by atoms with Gasteiger partial charge in [0.2, 0.25) is 5.88 Å². The lowest BCUT2D eigenvalue weighted by molar-refractivity contribution is 0.0511. The number of aromatic amines is 1. The summed E-state index contributed by atoms with van der Waals surface area (Å²) in [6.45, 7) is 2.74. The van der Waals surface area contributed by atoms with Crippen LogP contribution in [0.2, 0.25) is 0 Å². The highest BCUT2D eigenvalue weighted by Crippen LogP contribution is 2.29. The highest BCUT2D eigenvalue weighted by molar-refractivity contribution is 5.15. The highest BCUT2D eigenvalue weighted by Gasteiger charge is 2.27. The van der Waals surface area contributed by atoms with Gasteiger partial charge in [0.15, 0.2) is 0 Å². The second-order valence-corrected chi connectivity index (χ2v) is 5.70. The maximum atomic E-state index is 10.3. The van der Waals surface area contributed by atoms with E-state index in [1.54, 1.807) is 19.5 Å². The summed E-state index contributed by atoms with van der Waals surface area (Å²) in [7, 11) is 1.63. The molecule has 0 saturated carbocycles. The van der Waals surface area contributed by atoms with E-state index in [2.05, 4.69) is 19.9 Å². The number of nitrogens with one attached hydrogen (secondary N) is 1. The summed E-state index contributed by atoms with van der Waals surface area (Å²) in [6.07, 6.45) is 4.87. The van der Waals surface area contributed by atoms with E-state index < -0.39 is 6.10 Å². The van der Waals surface area contributed by atoms with Crippen molar-refractivity contribution in [3.05, 3.63) is 42.1 Å². The number of hydrogen-bond donors (Lipinski definition) is 2. The van der Waals surface area contributed by atoms with Crippen molar-refractivity contribution in [3.63, 3.8) is 0 Å². The van der Waals surface area contributed by atoms with E-state index in [1.807, 2.05) is 18.2 Å². The van der Waals surface area contributed by atoms with Crippen LogP contribution in [-0.4, -0.2) is 45.2 Å². The van der Waals surface area contributed by atoms with Gasteiger partial charge in [-0.2, -0.15) is 0 Å². The van der Waals surface area contributed by atoms with Crippen LogP contribution >= 0.6 is 0 Å². The number of ether oxygens (including phenoxy) is 1. The summed E-state index contributed by atoms with van der Waals surface area (Å²) in [4.78, 5) is 14.0. The van der Waals surface area contributed by atoms with Crippen LogP contribution in [0.5, 0.6) is 5.88 Å². The largest absolute Gasteiger partial charge is 0.481 e. The highest BCUT2D eigenvalue weighted by atomic mass is 16.5. The third-order valence-electron chi connectivity index (χ3n) is 4.25. The van der Waals surface area contributed by atoms with Gasteiger partial charge in [-0.15, -0.1) is 0 Å². The van der Waals surface area contributed by atoms with Crippen LogP contribution in [0.4, 0.5) is 0 Å². The lowest BCUT2D eigenvalue weighted by Crippen LogP contribution is -2.35. The molecule has 0 bridgehead atoms. The first-order valence-electron chi connectivity index (χ1n) is 7.66. The molecule has 1 atom stereocenters. The molecule has 22 heavy (non-hydrogen) atoms. The Balaban J connectivity index is 1.53. The molecule has 1 aliphatic rings. The summed E-state index contributed by atoms with van der Waals surface area (Å²) in [5.41, 5.74) is 1.02. The van der Waals surface area contributed by atoms with Crippen LogP contribution in [0.25, 0.3) is 0 Å². The molecule has 0 spiro atoms. The molecular formula is C16H22N4O2. The first kappa shape index (κ1) is 15.0. The third kappa shape index (κ3) is 3.45. The molecule has 0 unspecified atom stereocenters. The Morgan fingerprint density at radius 1 is 1.41 bits per heavy atom. The fraction of sp³-hybridized carbons (Fsp3) is 0.500. The van der Waals surface area contributed by atoms with E-state index in [0.29, 0.717) is 11.7 Å². The number of rotatable bonds is 5. The molecule has 118 valence electrons. The van der Waals surface area contributed by atoms with E-state index in [9.17, 15) is 5.11 Å². The molecule has 3 rings (SSSR count). The SMILES string of the molecule is COc1cccc(CN2CCC([C@@H](O)c3ncc[nH]3)CC2)n1. The second-order valence-electron chi connectivity index (χ2n) is 5.70. The molecule has 3 heterocycles. The molecule has 2 N–H and O–H groups in total. The number of pyridine rings is 1. The van der Waals surface area contributed by atoms with E-state index in [4.69, 9.17) is 4.74 Å². The van der Waals surface area contributed by atoms with Gasteiger partial charge >= 0.3 is 0 Å². The summed E-state index contributed by atoms with van der Waals surface area (Å²) in [6, 6.07) is 5.84. The predicted molar refractivity (Wildman–Crippen MR) is 82.3 cm³/mol. The van der Waals surface area contributed by atoms with Gasteiger partial charge < -0.3 is 14.8 Å². The fourth-order valence-electron chi connectivity index (χ4n) is 2.98. The van der Waals surface area contributed by atoms with E-state index in [1.165, 1.54) is 0 Å². The molecular weight excluding hydrogens is 280 g/mol. The zero-order valence-electron chi connectivity index (χ0n) is 12.8. The monoisotopic (exact) mass is 302 g/mol. The fourth-order valence-corrected chi connectivity index (χ4v) is 2.98. The number of nitrogens with zero attached hydrogens (tertiary/aromatic N) is 3. The minimum atomic E-state index is -0.493. The first-order chi connectivity index (χ1) is 10.8. The van der Waals surface area contributed by atoms with Crippen LogP contribution < -0.4 is 4.74 Å². The van der Waals surface area contributed by atoms with Crippen molar-refractivity contribution >= 4 is 0 Å². The molecule has 0 radical (unpaired) electrons. The third-order valence-corrected chi connectivity index (χ3v) is 4.25. The number of hydrogen-bond acceptors (Lipinski definition) is 5. The van der Waals surface area contributed by atoms with Gasteiger partial charge in [0.25, 0.3) is 0 Å². The van der Waals surface area contributed by atoms with Gasteiger partial charge in [0.1, 0.15) is 11.9 Å². The Morgan fingerprint density at radius 2 is 2.23 bits per heavy atom. The quantitative estimate of drug-likeness (QED) is 0.880. The molecule has 1 saturated heterocycles. The zero-order valence-corrected chi connectivity index (χ0v) is 12.8. The predicted octanol–water partition coefficient (Wildman–Crippen LogP) is 1.76. The van der Waals surface area contributed by atoms with Crippen molar-refractivity contribution in [3.8, 4) is 5.88 Å². The Bertz CT molecular complexity index is 580. The smallest absolute Gasteiger partial charge is 0.213 e. The summed E-state index contributed by atoms with van der Waals surface area (Å²) in [5, 5.41) is 10.3. The number of likely N-dealkylation sites (tertiary alicyclic amines) is 1. The molecule has 0 aromatic carbocycles. The molecule has 2 aromatic rings. The topological polar surface area (TPSA) is 74.3 Å². The van der Waals surface area contributed by atoms with Crippen molar-refractivity contribution < 1.29 is 9.84 Å². The number of piperidine rings is 1. The maximum absolute atomic E-state index is 10.3. The Hall–Kier alpha value is -1.92. The van der Waals surface area contributed by atoms with E-state index >= 15 is 0 Å². The van der Waals surface area contributed by atoms with Gasteiger partial charge in [0.05, 0.1) is 12.8 Å². The minimum Gasteiger partial charge on any atom is -0.481 e. The summed E-state index contributed by atoms with van der Waals surface area (Å²) < 4.78 is 5.16. The summed E-state index contributed by atoms with van der Waals surface area (Å²) in [5.74, 6) is 1.59. The van der Waals surface area contributed by atoms with E-state index in [-0.39, 0.29) is 5.92 Å². The lowest BCUT2D eigenvalue weighted by Gasteiger charge is -2.33. The van der Waals surface area contributed by atoms with Crippen molar-refractivity contribution in [2.45, 2.75) is 25.5 Å². The second kappa shape index (κ2) is 6.89. The van der Waals surface area contributed by atoms with Crippen LogP contribution in [0.15, 0.2) is 30.6 Å². The Morgan fingerprint density at radius 3 is 2.91 bits per heavy atom. The van der Waals surface area contributed by atoms with Crippen molar-refractivity contribution in [1.82, 2.24) is 19.9 Å². The van der Waals surface area contributed by atoms with Crippen LogP contribution in [0.3, 0.4) is 0 Å². The molecule has 6 heteroatoms. The van der Waals surface area contributed by atoms with Crippen molar-refractivity contribution in [2.24, 2.45) is 5.92 Å². The Labute approximate surface area is 130 Å². The van der Waals surface area contributed by atoms with Gasteiger partial charge in [-0.1, -0.05) is 6.07 Å². The van der Waals surface area contributed by atoms with Gasteiger partial charge in [-0.25, -0.2) is 9.97 Å². The standard InChI is InChI=1S/C16H22N4O2/c1-22-14-4-2-3-13(19-14)11-20-9-5-12(6-10-20)15(21)16-17-7-8-18-16/h2-4,7-8,12,15,21H,5-6,9-11H2,1H3,(H,17,18)/t15-/m1/s1. The number of H-pyrrole nitrogens is 1. The van der Waals surface area contributed by atoms with Crippen molar-refractivity contribution in [2.75, 3.05) is 20.2 Å². The normalized spacial score (nSPS) is 18.3. The number of aliphatic hydroxyl groups excluding tert-OH is 1. The van der Waals surface area contributed by atoms with Crippen LogP contribution in [0.1, 0.15) is 30.5 Å². The minimum absolute atomic E-state index is 0.265. The molecule has 2 aromatic heterocycles. The number of imidazole rings is 1. The molecule has 6 nitrogen and oxygen atoms in total. The molecule has 0 aliphatic carbocycles. The van der Waals surface area contributed by atoms with Gasteiger partial charge in [-0.05, 0) is 37.9 Å². The van der Waals surface area contributed by atoms with Crippen LogP contribution in [0, 0.1) is 5.92 Å².